The van der Waals surface area contributed by atoms with Gasteiger partial charge in [0.05, 0.1) is 25.4 Å². The Kier molecular flexibility index (Phi) is 28.1. The van der Waals surface area contributed by atoms with Crippen LogP contribution in [0.5, 0.6) is 0 Å². The monoisotopic (exact) mass is 812 g/mol. The van der Waals surface area contributed by atoms with E-state index in [1.807, 2.05) is 13.1 Å². The lowest BCUT2D eigenvalue weighted by molar-refractivity contribution is -0.145. The molecule has 0 saturated heterocycles. The van der Waals surface area contributed by atoms with Crippen molar-refractivity contribution >= 4 is 69.6 Å². The number of nitriles is 2. The molecule has 0 heterocycles. The van der Waals surface area contributed by atoms with Gasteiger partial charge in [-0.2, -0.15) is 20.8 Å². The molecule has 2 atom stereocenters. The smallest absolute Gasteiger partial charge is 0.305 e. The van der Waals surface area contributed by atoms with Gasteiger partial charge < -0.3 is 9.47 Å². The Labute approximate surface area is 324 Å². The first-order valence-electron chi connectivity index (χ1n) is 18.9. The number of rotatable bonds is 32. The van der Waals surface area contributed by atoms with Gasteiger partial charge in [0, 0.05) is 12.8 Å². The largest absolute Gasteiger partial charge is 0.466 e. The predicted octanol–water partition coefficient (Wildman–Crippen LogP) is 12.8. The van der Waals surface area contributed by atoms with E-state index in [2.05, 4.69) is 22.4 Å². The van der Waals surface area contributed by atoms with Crippen LogP contribution in [0.4, 0.5) is 0 Å². The molecule has 0 rings (SSSR count). The summed E-state index contributed by atoms with van der Waals surface area (Å²) in [6, 6.07) is 6.12. The van der Waals surface area contributed by atoms with Crippen LogP contribution in [0.15, 0.2) is 10.2 Å². The zero-order valence-electron chi connectivity index (χ0n) is 31.3. The summed E-state index contributed by atoms with van der Waals surface area (Å²) in [6.45, 7) is 3.91. The van der Waals surface area contributed by atoms with E-state index < -0.39 is 24.5 Å². The van der Waals surface area contributed by atoms with Gasteiger partial charge in [0.1, 0.15) is 0 Å². The highest BCUT2D eigenvalue weighted by Crippen LogP contribution is 2.26. The molecule has 0 N–H and O–H groups in total. The summed E-state index contributed by atoms with van der Waals surface area (Å²) >= 11 is 24.5. The SMILES string of the molecule is CC(C#N)(CCC(=O)OCCCCCCCCCCC[Si](C)(Cl)Cl)N=NC(C)(C#N)CCC(=O)OCCCCCCCCCCC[Si](C)(Cl)Cl. The topological polar surface area (TPSA) is 125 Å². The third kappa shape index (κ3) is 31.8. The van der Waals surface area contributed by atoms with Crippen molar-refractivity contribution in [3.8, 4) is 12.1 Å². The van der Waals surface area contributed by atoms with Crippen LogP contribution in [-0.4, -0.2) is 49.6 Å². The number of hydrogen-bond acceptors (Lipinski definition) is 8. The first-order chi connectivity index (χ1) is 23.5. The lowest BCUT2D eigenvalue weighted by atomic mass is 9.97. The number of ether oxygens (including phenoxy) is 2. The quantitative estimate of drug-likeness (QED) is 0.0219. The van der Waals surface area contributed by atoms with Crippen molar-refractivity contribution < 1.29 is 19.1 Å². The molecule has 2 unspecified atom stereocenters. The number of azo groups is 1. The molecule has 0 aliphatic rings. The summed E-state index contributed by atoms with van der Waals surface area (Å²) in [5.74, 6) is -0.758. The normalized spacial score (nSPS) is 14.4. The Balaban J connectivity index is 4.10. The summed E-state index contributed by atoms with van der Waals surface area (Å²) in [5.41, 5.74) is -2.57. The Morgan fingerprint density at radius 3 is 1.06 bits per heavy atom. The number of hydrogen-bond donors (Lipinski definition) is 0. The molecule has 8 nitrogen and oxygen atoms in total. The number of nitrogens with zero attached hydrogens (tertiary/aromatic N) is 4. The highest BCUT2D eigenvalue weighted by atomic mass is 35.7. The molecule has 0 bridgehead atoms. The average Bonchev–Trinajstić information content (AvgIpc) is 3.05. The highest BCUT2D eigenvalue weighted by Gasteiger charge is 2.30. The average molecular weight is 815 g/mol. The third-order valence-corrected chi connectivity index (χ3v) is 13.4. The van der Waals surface area contributed by atoms with Crippen LogP contribution in [0, 0.1) is 22.7 Å². The highest BCUT2D eigenvalue weighted by molar-refractivity contribution is 7.45. The van der Waals surface area contributed by atoms with Gasteiger partial charge >= 0.3 is 11.9 Å². The Bertz CT molecular complexity index is 967. The molecule has 0 aromatic heterocycles. The van der Waals surface area contributed by atoms with Crippen molar-refractivity contribution in [3.63, 3.8) is 0 Å². The molecule has 0 aromatic rings. The molecule has 0 aliphatic heterocycles. The molecule has 14 heteroatoms. The molecule has 0 aliphatic carbocycles. The minimum Gasteiger partial charge on any atom is -0.466 e. The number of esters is 2. The fraction of sp³-hybridized carbons (Fsp3) is 0.889. The number of carbonyl (C=O) groups is 2. The van der Waals surface area contributed by atoms with Crippen molar-refractivity contribution in [2.75, 3.05) is 13.2 Å². The van der Waals surface area contributed by atoms with Gasteiger partial charge in [-0.25, -0.2) is 0 Å². The molecule has 0 aromatic carbocycles. The lowest BCUT2D eigenvalue weighted by Gasteiger charge is -2.19. The summed E-state index contributed by atoms with van der Waals surface area (Å²) < 4.78 is 10.7. The lowest BCUT2D eigenvalue weighted by Crippen LogP contribution is -2.25. The fourth-order valence-electron chi connectivity index (χ4n) is 5.23. The van der Waals surface area contributed by atoms with Crippen molar-refractivity contribution in [2.24, 2.45) is 10.2 Å². The van der Waals surface area contributed by atoms with Crippen molar-refractivity contribution in [3.05, 3.63) is 0 Å². The van der Waals surface area contributed by atoms with Crippen molar-refractivity contribution in [1.29, 1.82) is 10.5 Å². The van der Waals surface area contributed by atoms with E-state index in [9.17, 15) is 20.1 Å². The maximum atomic E-state index is 12.3. The van der Waals surface area contributed by atoms with Crippen LogP contribution in [-0.2, 0) is 19.1 Å². The Morgan fingerprint density at radius 1 is 0.540 bits per heavy atom. The summed E-state index contributed by atoms with van der Waals surface area (Å²) in [7, 11) is 0. The second-order valence-electron chi connectivity index (χ2n) is 14.4. The van der Waals surface area contributed by atoms with Gasteiger partial charge in [-0.05, 0) is 64.7 Å². The molecule has 50 heavy (non-hydrogen) atoms. The molecule has 0 amide bonds. The molecule has 0 fully saturated rings. The minimum atomic E-state index is -1.95. The zero-order valence-corrected chi connectivity index (χ0v) is 36.3. The van der Waals surface area contributed by atoms with Gasteiger partial charge in [-0.3, -0.25) is 9.59 Å². The summed E-state index contributed by atoms with van der Waals surface area (Å²) in [5, 5.41) is 27.7. The number of unbranched alkanes of at least 4 members (excludes halogenated alkanes) is 16. The second kappa shape index (κ2) is 28.6. The van der Waals surface area contributed by atoms with Gasteiger partial charge in [-0.15, -0.1) is 44.3 Å². The molecule has 0 spiro atoms. The maximum absolute atomic E-state index is 12.3. The van der Waals surface area contributed by atoms with E-state index in [0.29, 0.717) is 13.2 Å². The summed E-state index contributed by atoms with van der Waals surface area (Å²) in [6.07, 6.45) is 20.4. The van der Waals surface area contributed by atoms with E-state index in [1.54, 1.807) is 13.8 Å². The Morgan fingerprint density at radius 2 is 0.800 bits per heavy atom. The number of carbonyl (C=O) groups excluding carboxylic acids is 2. The predicted molar refractivity (Wildman–Crippen MR) is 213 cm³/mol. The first kappa shape index (κ1) is 49.1. The fourth-order valence-corrected chi connectivity index (χ4v) is 8.58. The number of halogens is 4. The van der Waals surface area contributed by atoms with Gasteiger partial charge in [0.25, 0.3) is 0 Å². The van der Waals surface area contributed by atoms with E-state index >= 15 is 0 Å². The van der Waals surface area contributed by atoms with Gasteiger partial charge in [-0.1, -0.05) is 103 Å². The van der Waals surface area contributed by atoms with Crippen LogP contribution in [0.25, 0.3) is 0 Å². The van der Waals surface area contributed by atoms with E-state index in [0.717, 1.165) is 63.5 Å². The van der Waals surface area contributed by atoms with Crippen molar-refractivity contribution in [2.45, 2.75) is 191 Å². The van der Waals surface area contributed by atoms with Crippen LogP contribution < -0.4 is 0 Å². The van der Waals surface area contributed by atoms with Crippen LogP contribution in [0.3, 0.4) is 0 Å². The standard InChI is InChI=1S/C36H64Cl4N4O4Si2/c1-35(31-41,25-23-33(45)47-27-19-15-11-7-5-9-13-17-21-29-49(3,37)38)43-44-36(2,32-42)26-24-34(46)48-28-20-16-12-8-6-10-14-18-22-30-50(4,39)40/h5-30H2,1-4H3. The van der Waals surface area contributed by atoms with Gasteiger partial charge in [0.15, 0.2) is 11.1 Å². The molecular formula is C36H64Cl4N4O4Si2. The van der Waals surface area contributed by atoms with Crippen molar-refractivity contribution in [1.82, 2.24) is 0 Å². The minimum absolute atomic E-state index is 0.0263. The third-order valence-electron chi connectivity index (χ3n) is 8.65. The molecular weight excluding hydrogens is 750 g/mol. The van der Waals surface area contributed by atoms with E-state index in [-0.39, 0.29) is 37.6 Å². The zero-order chi connectivity index (χ0) is 37.8. The van der Waals surface area contributed by atoms with Gasteiger partial charge in [0.2, 0.25) is 13.4 Å². The van der Waals surface area contributed by atoms with E-state index in [1.165, 1.54) is 64.2 Å². The van der Waals surface area contributed by atoms with E-state index in [4.69, 9.17) is 53.8 Å². The molecule has 0 radical (unpaired) electrons. The summed E-state index contributed by atoms with van der Waals surface area (Å²) in [4.78, 5) is 24.6. The second-order valence-corrected chi connectivity index (χ2v) is 30.9. The first-order valence-corrected chi connectivity index (χ1v) is 28.3. The maximum Gasteiger partial charge on any atom is 0.305 e. The molecule has 288 valence electrons. The molecule has 0 saturated carbocycles. The van der Waals surface area contributed by atoms with Crippen LogP contribution in [0.2, 0.25) is 25.2 Å². The van der Waals surface area contributed by atoms with Crippen LogP contribution in [0.1, 0.15) is 155 Å². The van der Waals surface area contributed by atoms with Crippen LogP contribution >= 0.6 is 44.3 Å². The Hall–Kier alpha value is -0.886.